The Bertz CT molecular complexity index is 941. The number of benzene rings is 2. The highest BCUT2D eigenvalue weighted by molar-refractivity contribution is 7.67. The predicted molar refractivity (Wildman–Crippen MR) is 140 cm³/mol. The molecule has 0 saturated heterocycles. The SMILES string of the molecule is CC(C)[C@H]1CC[C@@H](C)C[C@H]1O[P@@](=O)(c1ccc(N(C)C)cc1)[C@H](O)c1ccc(N(C)C)cc1. The highest BCUT2D eigenvalue weighted by atomic mass is 31.2. The van der Waals surface area contributed by atoms with Gasteiger partial charge in [0.05, 0.1) is 6.10 Å². The lowest BCUT2D eigenvalue weighted by atomic mass is 9.75. The lowest BCUT2D eigenvalue weighted by Crippen LogP contribution is -2.35. The van der Waals surface area contributed by atoms with Crippen molar-refractivity contribution < 1.29 is 14.2 Å². The standard InChI is InChI=1S/C27H41N2O3P/c1-19(2)25-17-8-20(3)18-26(25)32-33(31,24-15-13-23(14-16-24)29(6)7)27(30)21-9-11-22(12-10-21)28(4)5/h9-16,19-20,25-27,30H,8,17-18H2,1-7H3/t20-,25-,26-,27+,33+/m1/s1. The Morgan fingerprint density at radius 2 is 1.42 bits per heavy atom. The summed E-state index contributed by atoms with van der Waals surface area (Å²) in [6.45, 7) is 6.66. The second kappa shape index (κ2) is 10.6. The van der Waals surface area contributed by atoms with E-state index in [1.165, 1.54) is 6.42 Å². The van der Waals surface area contributed by atoms with Crippen LogP contribution in [0.4, 0.5) is 11.4 Å². The van der Waals surface area contributed by atoms with Gasteiger partial charge in [-0.2, -0.15) is 0 Å². The number of aliphatic hydroxyl groups is 1. The number of anilines is 2. The van der Waals surface area contributed by atoms with Crippen LogP contribution in [-0.2, 0) is 9.09 Å². The van der Waals surface area contributed by atoms with Crippen molar-refractivity contribution in [2.24, 2.45) is 17.8 Å². The van der Waals surface area contributed by atoms with Crippen LogP contribution >= 0.6 is 7.37 Å². The molecule has 1 aliphatic carbocycles. The second-order valence-electron chi connectivity index (χ2n) is 10.3. The molecule has 2 aromatic carbocycles. The van der Waals surface area contributed by atoms with Gasteiger partial charge in [-0.05, 0) is 72.6 Å². The Hall–Kier alpha value is -1.81. The van der Waals surface area contributed by atoms with Crippen LogP contribution in [0.2, 0.25) is 0 Å². The fourth-order valence-corrected chi connectivity index (χ4v) is 7.09. The molecule has 5 atom stereocenters. The van der Waals surface area contributed by atoms with Crippen LogP contribution in [0, 0.1) is 17.8 Å². The molecule has 1 N–H and O–H groups in total. The Morgan fingerprint density at radius 3 is 1.91 bits per heavy atom. The summed E-state index contributed by atoms with van der Waals surface area (Å²) in [5, 5.41) is 12.1. The number of hydrogen-bond acceptors (Lipinski definition) is 5. The Kier molecular flexibility index (Phi) is 8.31. The number of hydrogen-bond donors (Lipinski definition) is 1. The smallest absolute Gasteiger partial charge is 0.264 e. The number of rotatable bonds is 8. The minimum Gasteiger partial charge on any atom is -0.378 e. The van der Waals surface area contributed by atoms with Gasteiger partial charge in [0.25, 0.3) is 7.37 Å². The molecule has 1 fully saturated rings. The molecule has 0 spiro atoms. The minimum atomic E-state index is -3.62. The van der Waals surface area contributed by atoms with Crippen molar-refractivity contribution in [2.75, 3.05) is 38.0 Å². The summed E-state index contributed by atoms with van der Waals surface area (Å²) in [5.74, 6) is 0.0672. The van der Waals surface area contributed by atoms with Gasteiger partial charge in [-0.15, -0.1) is 0 Å². The Balaban J connectivity index is 2.02. The van der Waals surface area contributed by atoms with Gasteiger partial charge < -0.3 is 19.4 Å². The van der Waals surface area contributed by atoms with Gasteiger partial charge in [-0.1, -0.05) is 39.3 Å². The summed E-state index contributed by atoms with van der Waals surface area (Å²) in [7, 11) is 4.28. The molecule has 0 aliphatic heterocycles. The molecule has 3 rings (SSSR count). The van der Waals surface area contributed by atoms with E-state index >= 15 is 0 Å². The Morgan fingerprint density at radius 1 is 0.909 bits per heavy atom. The zero-order valence-electron chi connectivity index (χ0n) is 21.2. The average molecular weight is 473 g/mol. The first-order chi connectivity index (χ1) is 15.5. The predicted octanol–water partition coefficient (Wildman–Crippen LogP) is 5.89. The second-order valence-corrected chi connectivity index (χ2v) is 12.7. The van der Waals surface area contributed by atoms with Gasteiger partial charge >= 0.3 is 0 Å². The highest BCUT2D eigenvalue weighted by Crippen LogP contribution is 2.60. The van der Waals surface area contributed by atoms with Crippen LogP contribution in [0.5, 0.6) is 0 Å². The van der Waals surface area contributed by atoms with E-state index in [1.54, 1.807) is 0 Å². The van der Waals surface area contributed by atoms with Gasteiger partial charge in [-0.3, -0.25) is 4.57 Å². The maximum absolute atomic E-state index is 14.7. The van der Waals surface area contributed by atoms with E-state index in [0.29, 0.717) is 28.6 Å². The van der Waals surface area contributed by atoms with E-state index in [-0.39, 0.29) is 6.10 Å². The van der Waals surface area contributed by atoms with Crippen molar-refractivity contribution in [3.63, 3.8) is 0 Å². The fourth-order valence-electron chi connectivity index (χ4n) is 4.80. The van der Waals surface area contributed by atoms with Crippen molar-refractivity contribution in [1.82, 2.24) is 0 Å². The van der Waals surface area contributed by atoms with E-state index in [0.717, 1.165) is 24.2 Å². The first-order valence-electron chi connectivity index (χ1n) is 12.0. The molecule has 2 aromatic rings. The summed E-state index contributed by atoms with van der Waals surface area (Å²) in [4.78, 5) is 4.01. The lowest BCUT2D eigenvalue weighted by molar-refractivity contribution is 0.0427. The van der Waals surface area contributed by atoms with Crippen molar-refractivity contribution >= 4 is 24.0 Å². The van der Waals surface area contributed by atoms with E-state index in [1.807, 2.05) is 86.5 Å². The summed E-state index contributed by atoms with van der Waals surface area (Å²) in [6, 6.07) is 15.2. The van der Waals surface area contributed by atoms with Gasteiger partial charge in [0.2, 0.25) is 0 Å². The van der Waals surface area contributed by atoms with E-state index in [2.05, 4.69) is 20.8 Å². The maximum atomic E-state index is 14.7. The van der Waals surface area contributed by atoms with Crippen molar-refractivity contribution in [1.29, 1.82) is 0 Å². The number of nitrogens with zero attached hydrogens (tertiary/aromatic N) is 2. The topological polar surface area (TPSA) is 53.0 Å². The molecule has 0 radical (unpaired) electrons. The zero-order valence-corrected chi connectivity index (χ0v) is 22.1. The first-order valence-corrected chi connectivity index (χ1v) is 13.7. The minimum absolute atomic E-state index is 0.135. The Labute approximate surface area is 200 Å². The molecule has 0 aromatic heterocycles. The van der Waals surface area contributed by atoms with Crippen LogP contribution in [-0.4, -0.2) is 39.4 Å². The molecular weight excluding hydrogens is 431 g/mol. The van der Waals surface area contributed by atoms with Crippen molar-refractivity contribution in [3.8, 4) is 0 Å². The maximum Gasteiger partial charge on any atom is 0.264 e. The van der Waals surface area contributed by atoms with E-state index < -0.39 is 13.2 Å². The van der Waals surface area contributed by atoms with Crippen LogP contribution in [0.1, 0.15) is 51.4 Å². The summed E-state index contributed by atoms with van der Waals surface area (Å²) in [6.07, 6.45) is 2.97. The van der Waals surface area contributed by atoms with Gasteiger partial charge in [0, 0.05) is 44.9 Å². The van der Waals surface area contributed by atoms with E-state index in [4.69, 9.17) is 4.52 Å². The quantitative estimate of drug-likeness (QED) is 0.486. The van der Waals surface area contributed by atoms with Crippen LogP contribution < -0.4 is 15.1 Å². The highest BCUT2D eigenvalue weighted by Gasteiger charge is 2.42. The van der Waals surface area contributed by atoms with Gasteiger partial charge in [-0.25, -0.2) is 0 Å². The molecule has 1 aliphatic rings. The monoisotopic (exact) mass is 472 g/mol. The van der Waals surface area contributed by atoms with E-state index in [9.17, 15) is 9.67 Å². The molecule has 0 amide bonds. The largest absolute Gasteiger partial charge is 0.378 e. The fraction of sp³-hybridized carbons (Fsp3) is 0.556. The van der Waals surface area contributed by atoms with Crippen LogP contribution in [0.25, 0.3) is 0 Å². The van der Waals surface area contributed by atoms with Crippen molar-refractivity contribution in [3.05, 3.63) is 54.1 Å². The third-order valence-corrected chi connectivity index (χ3v) is 9.55. The third-order valence-electron chi connectivity index (χ3n) is 7.01. The molecule has 5 nitrogen and oxygen atoms in total. The molecule has 0 heterocycles. The molecular formula is C27H41N2O3P. The zero-order chi connectivity index (χ0) is 24.3. The molecule has 0 unspecified atom stereocenters. The lowest BCUT2D eigenvalue weighted by Gasteiger charge is -2.40. The van der Waals surface area contributed by atoms with Crippen LogP contribution in [0.15, 0.2) is 48.5 Å². The molecule has 1 saturated carbocycles. The molecule has 182 valence electrons. The summed E-state index contributed by atoms with van der Waals surface area (Å²) >= 11 is 0. The molecule has 33 heavy (non-hydrogen) atoms. The number of aliphatic hydroxyl groups excluding tert-OH is 1. The normalized spacial score (nSPS) is 23.7. The third kappa shape index (κ3) is 5.82. The molecule has 0 bridgehead atoms. The van der Waals surface area contributed by atoms with Crippen molar-refractivity contribution in [2.45, 2.75) is 52.0 Å². The average Bonchev–Trinajstić information content (AvgIpc) is 2.78. The summed E-state index contributed by atoms with van der Waals surface area (Å²) in [5.41, 5.74) is 2.66. The van der Waals surface area contributed by atoms with Gasteiger partial charge in [0.1, 0.15) is 0 Å². The van der Waals surface area contributed by atoms with Crippen LogP contribution in [0.3, 0.4) is 0 Å². The molecule has 6 heteroatoms. The first kappa shape index (κ1) is 25.8. The van der Waals surface area contributed by atoms with Gasteiger partial charge in [0.15, 0.2) is 5.85 Å². The summed E-state index contributed by atoms with van der Waals surface area (Å²) < 4.78 is 21.2.